The van der Waals surface area contributed by atoms with Gasteiger partial charge in [-0.2, -0.15) is 0 Å². The van der Waals surface area contributed by atoms with E-state index < -0.39 is 5.97 Å². The van der Waals surface area contributed by atoms with Gasteiger partial charge in [0.25, 0.3) is 0 Å². The smallest absolute Gasteiger partial charge is 0.352 e. The lowest BCUT2D eigenvalue weighted by molar-refractivity contribution is -0.115. The van der Waals surface area contributed by atoms with Crippen LogP contribution in [0.15, 0.2) is 36.4 Å². The highest BCUT2D eigenvalue weighted by molar-refractivity contribution is 6.32. The van der Waals surface area contributed by atoms with Gasteiger partial charge in [-0.25, -0.2) is 4.79 Å². The summed E-state index contributed by atoms with van der Waals surface area (Å²) < 4.78 is 6.69. The van der Waals surface area contributed by atoms with Gasteiger partial charge >= 0.3 is 5.97 Å². The van der Waals surface area contributed by atoms with Crippen molar-refractivity contribution in [3.8, 4) is 5.75 Å². The van der Waals surface area contributed by atoms with Crippen LogP contribution in [0.4, 0.5) is 5.69 Å². The second kappa shape index (κ2) is 7.32. The number of carbonyl (C=O) groups is 2. The van der Waals surface area contributed by atoms with Crippen LogP contribution in [0.2, 0.25) is 5.02 Å². The summed E-state index contributed by atoms with van der Waals surface area (Å²) >= 11 is 6.08. The number of aromatic nitrogens is 1. The first-order valence-corrected chi connectivity index (χ1v) is 8.64. The maximum absolute atomic E-state index is 12.6. The summed E-state index contributed by atoms with van der Waals surface area (Å²) in [5.41, 5.74) is 2.88. The third kappa shape index (κ3) is 3.61. The number of carbonyl (C=O) groups excluding carboxylic acids is 1. The maximum Gasteiger partial charge on any atom is 0.352 e. The number of ether oxygens (including phenoxy) is 1. The molecule has 1 amide bonds. The number of rotatable bonds is 5. The molecule has 6 nitrogen and oxygen atoms in total. The average molecular weight is 387 g/mol. The van der Waals surface area contributed by atoms with Crippen molar-refractivity contribution in [3.05, 3.63) is 58.2 Å². The van der Waals surface area contributed by atoms with E-state index in [2.05, 4.69) is 5.32 Å². The number of anilines is 1. The Balaban J connectivity index is 1.95. The molecule has 3 rings (SSSR count). The zero-order valence-corrected chi connectivity index (χ0v) is 15.9. The molecule has 0 unspecified atom stereocenters. The Hall–Kier alpha value is -2.99. The molecule has 0 aliphatic heterocycles. The number of carboxylic acids is 1. The monoisotopic (exact) mass is 386 g/mol. The van der Waals surface area contributed by atoms with E-state index in [0.717, 1.165) is 16.5 Å². The third-order valence-electron chi connectivity index (χ3n) is 4.44. The summed E-state index contributed by atoms with van der Waals surface area (Å²) in [6.45, 7) is 1.93. The van der Waals surface area contributed by atoms with Crippen molar-refractivity contribution in [2.75, 3.05) is 12.4 Å². The average Bonchev–Trinajstić information content (AvgIpc) is 2.86. The lowest BCUT2D eigenvalue weighted by Gasteiger charge is -2.09. The first kappa shape index (κ1) is 18.8. The van der Waals surface area contributed by atoms with Gasteiger partial charge in [-0.1, -0.05) is 23.2 Å². The lowest BCUT2D eigenvalue weighted by atomic mass is 10.0. The highest BCUT2D eigenvalue weighted by Crippen LogP contribution is 2.29. The van der Waals surface area contributed by atoms with Gasteiger partial charge in [0.05, 0.1) is 18.6 Å². The standard InChI is InChI=1S/C20H19ClN2O4/c1-11-4-6-16-13(8-11)14(19(20(25)26)23(16)2)10-18(24)22-12-5-7-17(27-3)15(21)9-12/h4-9H,10H2,1-3H3,(H,22,24)(H,25,26). The zero-order chi connectivity index (χ0) is 19.7. The number of fused-ring (bicyclic) bond motifs is 1. The fraction of sp³-hybridized carbons (Fsp3) is 0.200. The number of nitrogens with one attached hydrogen (secondary N) is 1. The fourth-order valence-corrected chi connectivity index (χ4v) is 3.45. The minimum Gasteiger partial charge on any atom is -0.495 e. The van der Waals surface area contributed by atoms with Crippen LogP contribution in [-0.4, -0.2) is 28.7 Å². The normalized spacial score (nSPS) is 10.8. The quantitative estimate of drug-likeness (QED) is 0.693. The summed E-state index contributed by atoms with van der Waals surface area (Å²) in [4.78, 5) is 24.3. The minimum atomic E-state index is -1.07. The van der Waals surface area contributed by atoms with Gasteiger partial charge < -0.3 is 19.7 Å². The van der Waals surface area contributed by atoms with Crippen LogP contribution >= 0.6 is 11.6 Å². The Kier molecular flexibility index (Phi) is 5.10. The molecule has 0 radical (unpaired) electrons. The maximum atomic E-state index is 12.6. The summed E-state index contributed by atoms with van der Waals surface area (Å²) in [5.74, 6) is -0.887. The molecule has 0 aliphatic carbocycles. The Morgan fingerprint density at radius 2 is 1.96 bits per heavy atom. The molecular weight excluding hydrogens is 368 g/mol. The van der Waals surface area contributed by atoms with Gasteiger partial charge in [0.15, 0.2) is 0 Å². The van der Waals surface area contributed by atoms with Gasteiger partial charge in [-0.05, 0) is 37.3 Å². The van der Waals surface area contributed by atoms with E-state index in [-0.39, 0.29) is 18.0 Å². The van der Waals surface area contributed by atoms with E-state index in [4.69, 9.17) is 16.3 Å². The first-order chi connectivity index (χ1) is 12.8. The molecule has 0 aliphatic rings. The number of aryl methyl sites for hydroxylation is 2. The van der Waals surface area contributed by atoms with Gasteiger partial charge in [0, 0.05) is 29.2 Å². The first-order valence-electron chi connectivity index (χ1n) is 8.26. The largest absolute Gasteiger partial charge is 0.495 e. The van der Waals surface area contributed by atoms with Crippen LogP contribution in [0.3, 0.4) is 0 Å². The van der Waals surface area contributed by atoms with Crippen LogP contribution in [0.1, 0.15) is 21.6 Å². The Labute approximate surface area is 161 Å². The molecule has 0 bridgehead atoms. The Morgan fingerprint density at radius 1 is 1.22 bits per heavy atom. The van der Waals surface area contributed by atoms with Crippen molar-refractivity contribution in [3.63, 3.8) is 0 Å². The molecule has 2 N–H and O–H groups in total. The van der Waals surface area contributed by atoms with Crippen LogP contribution < -0.4 is 10.1 Å². The number of hydrogen-bond donors (Lipinski definition) is 2. The SMILES string of the molecule is COc1ccc(NC(=O)Cc2c(C(=O)O)n(C)c3ccc(C)cc23)cc1Cl. The highest BCUT2D eigenvalue weighted by Gasteiger charge is 2.22. The number of carboxylic acid groups (broad SMARTS) is 1. The molecule has 0 fully saturated rings. The van der Waals surface area contributed by atoms with Crippen molar-refractivity contribution in [2.24, 2.45) is 7.05 Å². The number of nitrogens with zero attached hydrogens (tertiary/aromatic N) is 1. The number of amides is 1. The van der Waals surface area contributed by atoms with Crippen molar-refractivity contribution in [1.82, 2.24) is 4.57 Å². The Morgan fingerprint density at radius 3 is 2.59 bits per heavy atom. The molecule has 2 aromatic carbocycles. The van der Waals surface area contributed by atoms with Crippen molar-refractivity contribution >= 4 is 40.1 Å². The molecule has 3 aromatic rings. The predicted octanol–water partition coefficient (Wildman–Crippen LogP) is 4.03. The minimum absolute atomic E-state index is 0.0634. The van der Waals surface area contributed by atoms with Crippen molar-refractivity contribution in [2.45, 2.75) is 13.3 Å². The number of halogens is 1. The molecule has 1 aromatic heterocycles. The topological polar surface area (TPSA) is 80.6 Å². The van der Waals surface area contributed by atoms with Gasteiger partial charge in [0.1, 0.15) is 11.4 Å². The molecular formula is C20H19ClN2O4. The van der Waals surface area contributed by atoms with Crippen molar-refractivity contribution < 1.29 is 19.4 Å². The van der Waals surface area contributed by atoms with Crippen LogP contribution in [0.5, 0.6) is 5.75 Å². The second-order valence-electron chi connectivity index (χ2n) is 6.29. The van der Waals surface area contributed by atoms with E-state index >= 15 is 0 Å². The molecule has 0 saturated carbocycles. The molecule has 7 heteroatoms. The van der Waals surface area contributed by atoms with Crippen LogP contribution in [-0.2, 0) is 18.3 Å². The number of methoxy groups -OCH3 is 1. The number of hydrogen-bond acceptors (Lipinski definition) is 3. The van der Waals surface area contributed by atoms with E-state index in [0.29, 0.717) is 22.0 Å². The molecule has 0 atom stereocenters. The van der Waals surface area contributed by atoms with Gasteiger partial charge in [0.2, 0.25) is 5.91 Å². The highest BCUT2D eigenvalue weighted by atomic mass is 35.5. The molecule has 140 valence electrons. The summed E-state index contributed by atoms with van der Waals surface area (Å²) in [7, 11) is 3.20. The number of benzene rings is 2. The molecule has 27 heavy (non-hydrogen) atoms. The molecule has 1 heterocycles. The zero-order valence-electron chi connectivity index (χ0n) is 15.2. The van der Waals surface area contributed by atoms with E-state index in [1.807, 2.05) is 25.1 Å². The second-order valence-corrected chi connectivity index (χ2v) is 6.69. The summed E-state index contributed by atoms with van der Waals surface area (Å²) in [6, 6.07) is 10.6. The van der Waals surface area contributed by atoms with Gasteiger partial charge in [-0.15, -0.1) is 0 Å². The fourth-order valence-electron chi connectivity index (χ4n) is 3.20. The summed E-state index contributed by atoms with van der Waals surface area (Å²) in [6.07, 6.45) is -0.0634. The summed E-state index contributed by atoms with van der Waals surface area (Å²) in [5, 5.41) is 13.5. The molecule has 0 spiro atoms. The Bertz CT molecular complexity index is 1060. The van der Waals surface area contributed by atoms with Crippen molar-refractivity contribution in [1.29, 1.82) is 0 Å². The van der Waals surface area contributed by atoms with E-state index in [1.54, 1.807) is 29.8 Å². The third-order valence-corrected chi connectivity index (χ3v) is 4.73. The van der Waals surface area contributed by atoms with Gasteiger partial charge in [-0.3, -0.25) is 4.79 Å². The lowest BCUT2D eigenvalue weighted by Crippen LogP contribution is -2.17. The predicted molar refractivity (Wildman–Crippen MR) is 105 cm³/mol. The molecule has 0 saturated heterocycles. The van der Waals surface area contributed by atoms with Crippen LogP contribution in [0, 0.1) is 6.92 Å². The van der Waals surface area contributed by atoms with Crippen LogP contribution in [0.25, 0.3) is 10.9 Å². The van der Waals surface area contributed by atoms with E-state index in [9.17, 15) is 14.7 Å². The number of aromatic carboxylic acids is 1. The van der Waals surface area contributed by atoms with E-state index in [1.165, 1.54) is 7.11 Å².